The normalized spacial score (nSPS) is 21.6. The summed E-state index contributed by atoms with van der Waals surface area (Å²) < 4.78 is 5.35. The molecule has 2 aliphatic heterocycles. The van der Waals surface area contributed by atoms with Crippen molar-refractivity contribution in [1.82, 2.24) is 15.1 Å². The van der Waals surface area contributed by atoms with E-state index < -0.39 is 0 Å². The Morgan fingerprint density at radius 1 is 0.973 bits per heavy atom. The van der Waals surface area contributed by atoms with Gasteiger partial charge in [-0.2, -0.15) is 0 Å². The van der Waals surface area contributed by atoms with Gasteiger partial charge in [0, 0.05) is 26.1 Å². The fourth-order valence-electron chi connectivity index (χ4n) is 6.28. The molecule has 5 rings (SSSR count). The average Bonchev–Trinajstić information content (AvgIpc) is 3.48. The highest BCUT2D eigenvalue weighted by Crippen LogP contribution is 2.29. The molecule has 6 heteroatoms. The van der Waals surface area contributed by atoms with E-state index in [1.165, 1.54) is 43.2 Å². The van der Waals surface area contributed by atoms with Gasteiger partial charge < -0.3 is 19.9 Å². The molecule has 1 saturated heterocycles. The largest absolute Gasteiger partial charge is 0.497 e. The minimum Gasteiger partial charge on any atom is -0.497 e. The Bertz CT molecular complexity index is 1030. The Hall–Kier alpha value is -3.02. The minimum atomic E-state index is 0.198. The summed E-state index contributed by atoms with van der Waals surface area (Å²) in [6.07, 6.45) is 10.3. The fraction of sp³-hybridized carbons (Fsp3) is 0.548. The van der Waals surface area contributed by atoms with Crippen LogP contribution in [0, 0.1) is 5.92 Å². The highest BCUT2D eigenvalue weighted by molar-refractivity contribution is 5.85. The Labute approximate surface area is 222 Å². The van der Waals surface area contributed by atoms with Crippen molar-refractivity contribution in [3.05, 3.63) is 65.7 Å². The Balaban J connectivity index is 1.19. The van der Waals surface area contributed by atoms with Crippen molar-refractivity contribution in [3.8, 4) is 5.75 Å². The first-order valence-corrected chi connectivity index (χ1v) is 14.2. The third-order valence-corrected chi connectivity index (χ3v) is 8.37. The van der Waals surface area contributed by atoms with E-state index in [4.69, 9.17) is 9.73 Å². The van der Waals surface area contributed by atoms with Gasteiger partial charge in [0.2, 0.25) is 5.91 Å². The molecule has 2 aromatic carbocycles. The Morgan fingerprint density at radius 3 is 2.46 bits per heavy atom. The van der Waals surface area contributed by atoms with Gasteiger partial charge in [-0.3, -0.25) is 9.79 Å². The van der Waals surface area contributed by atoms with Crippen LogP contribution in [-0.4, -0.2) is 67.0 Å². The van der Waals surface area contributed by atoms with Crippen LogP contribution in [0.4, 0.5) is 0 Å². The van der Waals surface area contributed by atoms with Crippen LogP contribution in [0.2, 0.25) is 0 Å². The summed E-state index contributed by atoms with van der Waals surface area (Å²) in [6.45, 7) is 3.27. The van der Waals surface area contributed by atoms with Gasteiger partial charge >= 0.3 is 0 Å². The second-order valence-corrected chi connectivity index (χ2v) is 10.9. The number of guanidine groups is 1. The number of benzene rings is 2. The van der Waals surface area contributed by atoms with Gasteiger partial charge in [-0.05, 0) is 48.4 Å². The van der Waals surface area contributed by atoms with Crippen molar-refractivity contribution in [2.45, 2.75) is 69.9 Å². The number of rotatable bonds is 11. The zero-order valence-electron chi connectivity index (χ0n) is 22.3. The predicted octanol–water partition coefficient (Wildman–Crippen LogP) is 4.68. The van der Waals surface area contributed by atoms with Crippen molar-refractivity contribution in [2.75, 3.05) is 33.3 Å². The number of hydrogen-bond acceptors (Lipinski definition) is 5. The summed E-state index contributed by atoms with van der Waals surface area (Å²) >= 11 is 0. The molecular formula is C31H42N4O2. The molecule has 0 aromatic heterocycles. The third kappa shape index (κ3) is 6.65. The number of nitrogens with one attached hydrogen (secondary N) is 1. The molecule has 2 atom stereocenters. The number of nitrogens with zero attached hydrogens (tertiary/aromatic N) is 3. The maximum absolute atomic E-state index is 12.6. The van der Waals surface area contributed by atoms with Gasteiger partial charge in [-0.15, -0.1) is 0 Å². The molecule has 1 aliphatic carbocycles. The first-order chi connectivity index (χ1) is 18.2. The first kappa shape index (κ1) is 25.6. The van der Waals surface area contributed by atoms with Gasteiger partial charge in [-0.1, -0.05) is 74.6 Å². The second-order valence-electron chi connectivity index (χ2n) is 10.9. The monoisotopic (exact) mass is 502 g/mol. The van der Waals surface area contributed by atoms with E-state index in [2.05, 4.69) is 57.6 Å². The zero-order valence-corrected chi connectivity index (χ0v) is 22.3. The van der Waals surface area contributed by atoms with E-state index in [0.717, 1.165) is 56.5 Å². The lowest BCUT2D eigenvalue weighted by Crippen LogP contribution is -2.42. The van der Waals surface area contributed by atoms with E-state index in [0.29, 0.717) is 25.0 Å². The standard InChI is InChI=1S/C31H42N4O2/c1-37-29-15-12-26(13-16-29)21-28-23-35-27(20-25-10-6-3-7-11-25)22-33-31(35)34(28)19-18-32-30(36)17-14-24-8-4-2-5-9-24/h3,6-7,10-13,15-16,24,27-28H,2,4-5,8-9,14,17-23H2,1H3,(H,32,36). The maximum atomic E-state index is 12.6. The molecular weight excluding hydrogens is 460 g/mol. The molecule has 1 amide bonds. The fourth-order valence-corrected chi connectivity index (χ4v) is 6.28. The third-order valence-electron chi connectivity index (χ3n) is 8.37. The van der Waals surface area contributed by atoms with E-state index >= 15 is 0 Å². The van der Waals surface area contributed by atoms with E-state index in [1.807, 2.05) is 12.1 Å². The summed E-state index contributed by atoms with van der Waals surface area (Å²) in [5.74, 6) is 2.94. The SMILES string of the molecule is COc1ccc(CC2CN3C(=NCC3Cc3ccccc3)N2CCNC(=O)CCC2CCCCC2)cc1. The molecule has 2 fully saturated rings. The molecule has 0 radical (unpaired) electrons. The average molecular weight is 503 g/mol. The Kier molecular flexibility index (Phi) is 8.64. The molecule has 3 aliphatic rings. The van der Waals surface area contributed by atoms with Crippen LogP contribution < -0.4 is 10.1 Å². The summed E-state index contributed by atoms with van der Waals surface area (Å²) in [5.41, 5.74) is 2.66. The van der Waals surface area contributed by atoms with Crippen LogP contribution in [0.5, 0.6) is 5.75 Å². The van der Waals surface area contributed by atoms with Crippen molar-refractivity contribution in [2.24, 2.45) is 10.9 Å². The van der Waals surface area contributed by atoms with Gasteiger partial charge in [0.1, 0.15) is 5.75 Å². The molecule has 2 aromatic rings. The lowest BCUT2D eigenvalue weighted by molar-refractivity contribution is -0.121. The number of ether oxygens (including phenoxy) is 1. The smallest absolute Gasteiger partial charge is 0.220 e. The number of aliphatic imine (C=N–C) groups is 1. The number of amides is 1. The van der Waals surface area contributed by atoms with Gasteiger partial charge in [0.25, 0.3) is 0 Å². The molecule has 1 saturated carbocycles. The minimum absolute atomic E-state index is 0.198. The Morgan fingerprint density at radius 2 is 1.70 bits per heavy atom. The lowest BCUT2D eigenvalue weighted by Gasteiger charge is -2.26. The summed E-state index contributed by atoms with van der Waals surface area (Å²) in [5, 5.41) is 3.21. The first-order valence-electron chi connectivity index (χ1n) is 14.2. The molecule has 198 valence electrons. The van der Waals surface area contributed by atoms with Gasteiger partial charge in [-0.25, -0.2) is 0 Å². The lowest BCUT2D eigenvalue weighted by atomic mass is 9.86. The molecule has 0 spiro atoms. The number of methoxy groups -OCH3 is 1. The van der Waals surface area contributed by atoms with Crippen molar-refractivity contribution < 1.29 is 9.53 Å². The molecule has 1 N–H and O–H groups in total. The quantitative estimate of drug-likeness (QED) is 0.485. The van der Waals surface area contributed by atoms with Crippen LogP contribution in [0.1, 0.15) is 56.1 Å². The van der Waals surface area contributed by atoms with Crippen LogP contribution >= 0.6 is 0 Å². The van der Waals surface area contributed by atoms with Crippen molar-refractivity contribution in [3.63, 3.8) is 0 Å². The van der Waals surface area contributed by atoms with Crippen LogP contribution in [0.3, 0.4) is 0 Å². The summed E-state index contributed by atoms with van der Waals surface area (Å²) in [4.78, 5) is 22.5. The highest BCUT2D eigenvalue weighted by Gasteiger charge is 2.41. The predicted molar refractivity (Wildman–Crippen MR) is 149 cm³/mol. The van der Waals surface area contributed by atoms with E-state index in [1.54, 1.807) is 7.11 Å². The highest BCUT2D eigenvalue weighted by atomic mass is 16.5. The zero-order chi connectivity index (χ0) is 25.5. The number of carbonyl (C=O) groups is 1. The topological polar surface area (TPSA) is 57.2 Å². The van der Waals surface area contributed by atoms with E-state index in [-0.39, 0.29) is 5.91 Å². The molecule has 2 unspecified atom stereocenters. The number of hydrogen-bond donors (Lipinski definition) is 1. The summed E-state index contributed by atoms with van der Waals surface area (Å²) in [6, 6.07) is 19.9. The second kappa shape index (κ2) is 12.5. The maximum Gasteiger partial charge on any atom is 0.220 e. The van der Waals surface area contributed by atoms with Crippen molar-refractivity contribution in [1.29, 1.82) is 0 Å². The van der Waals surface area contributed by atoms with E-state index in [9.17, 15) is 4.79 Å². The molecule has 37 heavy (non-hydrogen) atoms. The molecule has 6 nitrogen and oxygen atoms in total. The summed E-state index contributed by atoms with van der Waals surface area (Å²) in [7, 11) is 1.71. The molecule has 0 bridgehead atoms. The van der Waals surface area contributed by atoms with Gasteiger partial charge in [0.05, 0.1) is 25.7 Å². The van der Waals surface area contributed by atoms with Gasteiger partial charge in [0.15, 0.2) is 5.96 Å². The van der Waals surface area contributed by atoms with Crippen molar-refractivity contribution >= 4 is 11.9 Å². The van der Waals surface area contributed by atoms with Crippen LogP contribution in [0.25, 0.3) is 0 Å². The number of carbonyl (C=O) groups excluding carboxylic acids is 1. The number of fused-ring (bicyclic) bond motifs is 1. The van der Waals surface area contributed by atoms with Crippen LogP contribution in [0.15, 0.2) is 59.6 Å². The molecule has 2 heterocycles. The van der Waals surface area contributed by atoms with Crippen LogP contribution in [-0.2, 0) is 17.6 Å².